The summed E-state index contributed by atoms with van der Waals surface area (Å²) in [5.74, 6) is -2.10. The summed E-state index contributed by atoms with van der Waals surface area (Å²) in [6, 6.07) is 7.26. The Kier molecular flexibility index (Phi) is 4.31. The average molecular weight is 401 g/mol. The van der Waals surface area contributed by atoms with Crippen LogP contribution in [0.4, 0.5) is 13.2 Å². The van der Waals surface area contributed by atoms with Crippen molar-refractivity contribution in [1.82, 2.24) is 14.8 Å². The highest BCUT2D eigenvalue weighted by Gasteiger charge is 2.42. The number of carbonyl (C=O) groups excluding carboxylic acids is 1. The number of hydrogen-bond acceptors (Lipinski definition) is 3. The normalized spacial score (nSPS) is 24.1. The van der Waals surface area contributed by atoms with Gasteiger partial charge in [0.25, 0.3) is 0 Å². The molecule has 3 aromatic rings. The molecule has 29 heavy (non-hydrogen) atoms. The first kappa shape index (κ1) is 18.2. The first-order valence-electron chi connectivity index (χ1n) is 9.54. The smallest absolute Gasteiger partial charge is 0.249 e. The van der Waals surface area contributed by atoms with Crippen molar-refractivity contribution in [3.05, 3.63) is 65.6 Å². The first-order chi connectivity index (χ1) is 14.0. The van der Waals surface area contributed by atoms with E-state index in [-0.39, 0.29) is 23.7 Å². The highest BCUT2D eigenvalue weighted by Crippen LogP contribution is 2.42. The lowest BCUT2D eigenvalue weighted by molar-refractivity contribution is -0.185. The number of amides is 1. The van der Waals surface area contributed by atoms with Crippen molar-refractivity contribution < 1.29 is 22.8 Å². The van der Waals surface area contributed by atoms with E-state index in [1.165, 1.54) is 29.3 Å². The van der Waals surface area contributed by atoms with E-state index in [1.54, 1.807) is 16.9 Å². The van der Waals surface area contributed by atoms with Crippen molar-refractivity contribution in [2.45, 2.75) is 31.3 Å². The second-order valence-electron chi connectivity index (χ2n) is 7.64. The molecule has 1 aliphatic carbocycles. The van der Waals surface area contributed by atoms with Gasteiger partial charge in [-0.3, -0.25) is 14.3 Å². The number of fused-ring (bicyclic) bond motifs is 1. The maximum absolute atomic E-state index is 13.6. The number of nitrogens with zero attached hydrogens (tertiary/aromatic N) is 3. The summed E-state index contributed by atoms with van der Waals surface area (Å²) in [5, 5.41) is 6.45. The van der Waals surface area contributed by atoms with Crippen LogP contribution in [0.1, 0.15) is 36.9 Å². The minimum Gasteiger partial charge on any atom is -0.272 e. The Morgan fingerprint density at radius 3 is 2.55 bits per heavy atom. The maximum Gasteiger partial charge on any atom is 0.249 e. The molecule has 1 aromatic heterocycles. The molecule has 1 saturated heterocycles. The van der Waals surface area contributed by atoms with Crippen LogP contribution in [0.3, 0.4) is 0 Å². The quantitative estimate of drug-likeness (QED) is 0.657. The molecule has 8 heteroatoms. The molecule has 0 N–H and O–H groups in total. The van der Waals surface area contributed by atoms with E-state index < -0.39 is 17.7 Å². The zero-order chi connectivity index (χ0) is 20.1. The minimum atomic E-state index is -0.676. The molecule has 1 amide bonds. The Morgan fingerprint density at radius 2 is 1.79 bits per heavy atom. The number of carbonyl (C=O) groups is 1. The second kappa shape index (κ2) is 6.88. The maximum atomic E-state index is 13.6. The third kappa shape index (κ3) is 3.27. The Labute approximate surface area is 164 Å². The molecule has 0 bridgehead atoms. The minimum absolute atomic E-state index is 0.0482. The molecule has 0 spiro atoms. The van der Waals surface area contributed by atoms with Crippen LogP contribution in [-0.4, -0.2) is 27.4 Å². The van der Waals surface area contributed by atoms with E-state index in [1.807, 2.05) is 0 Å². The number of benzene rings is 2. The molecular formula is C21H18F3N3O2. The van der Waals surface area contributed by atoms with Crippen LogP contribution < -0.4 is 0 Å². The van der Waals surface area contributed by atoms with Crippen molar-refractivity contribution in [3.8, 4) is 0 Å². The largest absolute Gasteiger partial charge is 0.272 e. The third-order valence-corrected chi connectivity index (χ3v) is 5.71. The lowest BCUT2D eigenvalue weighted by Gasteiger charge is -2.37. The van der Waals surface area contributed by atoms with E-state index in [0.29, 0.717) is 36.9 Å². The molecule has 0 unspecified atom stereocenters. The molecular weight excluding hydrogens is 383 g/mol. The monoisotopic (exact) mass is 401 g/mol. The Hall–Kier alpha value is -2.87. The fourth-order valence-electron chi connectivity index (χ4n) is 4.14. The van der Waals surface area contributed by atoms with Gasteiger partial charge in [0, 0.05) is 30.0 Å². The Morgan fingerprint density at radius 1 is 1.03 bits per heavy atom. The zero-order valence-corrected chi connectivity index (χ0v) is 15.4. The molecule has 0 radical (unpaired) electrons. The number of hydrogen-bond donors (Lipinski definition) is 0. The molecule has 150 valence electrons. The molecule has 2 heterocycles. The highest BCUT2D eigenvalue weighted by molar-refractivity contribution is 5.80. The summed E-state index contributed by atoms with van der Waals surface area (Å²) in [6.45, 7) is 0.320. The topological polar surface area (TPSA) is 47.4 Å². The summed E-state index contributed by atoms with van der Waals surface area (Å²) in [6.07, 6.45) is 3.44. The second-order valence-corrected chi connectivity index (χ2v) is 7.64. The van der Waals surface area contributed by atoms with E-state index in [0.717, 1.165) is 11.5 Å². The third-order valence-electron chi connectivity index (χ3n) is 5.71. The van der Waals surface area contributed by atoms with E-state index in [9.17, 15) is 18.0 Å². The molecule has 1 aliphatic heterocycles. The molecule has 2 aliphatic rings. The molecule has 2 fully saturated rings. The van der Waals surface area contributed by atoms with Crippen molar-refractivity contribution in [1.29, 1.82) is 0 Å². The fourth-order valence-corrected chi connectivity index (χ4v) is 4.14. The van der Waals surface area contributed by atoms with Gasteiger partial charge >= 0.3 is 0 Å². The molecule has 1 saturated carbocycles. The van der Waals surface area contributed by atoms with Crippen LogP contribution in [0.15, 0.2) is 42.6 Å². The SMILES string of the molecule is O=C(C1CC(n2cc3cc(F)ccc3n2)C1)N1OCC[C@H]1c1cc(F)cc(F)c1. The van der Waals surface area contributed by atoms with Crippen molar-refractivity contribution in [3.63, 3.8) is 0 Å². The van der Waals surface area contributed by atoms with Crippen LogP contribution in [0, 0.1) is 23.4 Å². The van der Waals surface area contributed by atoms with Crippen molar-refractivity contribution in [2.24, 2.45) is 5.92 Å². The number of aromatic nitrogens is 2. The predicted molar refractivity (Wildman–Crippen MR) is 98.0 cm³/mol. The van der Waals surface area contributed by atoms with E-state index in [2.05, 4.69) is 5.10 Å². The van der Waals surface area contributed by atoms with Crippen LogP contribution >= 0.6 is 0 Å². The fraction of sp³-hybridized carbons (Fsp3) is 0.333. The van der Waals surface area contributed by atoms with Gasteiger partial charge in [0.2, 0.25) is 5.91 Å². The molecule has 5 nitrogen and oxygen atoms in total. The zero-order valence-electron chi connectivity index (χ0n) is 15.4. The predicted octanol–water partition coefficient (Wildman–Crippen LogP) is 4.31. The average Bonchev–Trinajstić information content (AvgIpc) is 3.25. The van der Waals surface area contributed by atoms with E-state index >= 15 is 0 Å². The standard InChI is InChI=1S/C21H18F3N3O2/c22-15-1-2-19-14(7-15)11-26(25-19)18-8-13(9-18)21(28)27-20(3-4-29-27)12-5-16(23)10-17(24)6-12/h1-2,5-7,10-11,13,18,20H,3-4,8-9H2/t13?,18?,20-/m0/s1. The van der Waals surface area contributed by atoms with Gasteiger partial charge in [-0.05, 0) is 48.7 Å². The van der Waals surface area contributed by atoms with Crippen LogP contribution in [0.2, 0.25) is 0 Å². The van der Waals surface area contributed by atoms with Crippen molar-refractivity contribution in [2.75, 3.05) is 6.61 Å². The highest BCUT2D eigenvalue weighted by atomic mass is 19.1. The van der Waals surface area contributed by atoms with Gasteiger partial charge in [-0.25, -0.2) is 18.2 Å². The Balaban J connectivity index is 1.29. The summed E-state index contributed by atoms with van der Waals surface area (Å²) in [5.41, 5.74) is 1.10. The molecule has 2 aromatic carbocycles. The van der Waals surface area contributed by atoms with Gasteiger partial charge in [0.05, 0.1) is 24.2 Å². The molecule has 1 atom stereocenters. The van der Waals surface area contributed by atoms with Crippen LogP contribution in [-0.2, 0) is 9.63 Å². The van der Waals surface area contributed by atoms with Gasteiger partial charge < -0.3 is 0 Å². The van der Waals surface area contributed by atoms with Gasteiger partial charge in [-0.2, -0.15) is 5.10 Å². The van der Waals surface area contributed by atoms with Gasteiger partial charge in [0.1, 0.15) is 17.5 Å². The van der Waals surface area contributed by atoms with Gasteiger partial charge in [0.15, 0.2) is 0 Å². The lowest BCUT2D eigenvalue weighted by Crippen LogP contribution is -2.41. The number of rotatable bonds is 3. The van der Waals surface area contributed by atoms with Crippen LogP contribution in [0.5, 0.6) is 0 Å². The van der Waals surface area contributed by atoms with Gasteiger partial charge in [-0.15, -0.1) is 0 Å². The lowest BCUT2D eigenvalue weighted by atomic mass is 9.79. The summed E-state index contributed by atoms with van der Waals surface area (Å²) >= 11 is 0. The summed E-state index contributed by atoms with van der Waals surface area (Å²) in [7, 11) is 0. The Bertz CT molecular complexity index is 1070. The van der Waals surface area contributed by atoms with Gasteiger partial charge in [-0.1, -0.05) is 0 Å². The first-order valence-corrected chi connectivity index (χ1v) is 9.54. The number of hydroxylamine groups is 2. The summed E-state index contributed by atoms with van der Waals surface area (Å²) in [4.78, 5) is 18.4. The van der Waals surface area contributed by atoms with E-state index in [4.69, 9.17) is 4.84 Å². The number of halogens is 3. The van der Waals surface area contributed by atoms with Crippen LogP contribution in [0.25, 0.3) is 10.9 Å². The summed E-state index contributed by atoms with van der Waals surface area (Å²) < 4.78 is 42.3. The molecule has 5 rings (SSSR count). The van der Waals surface area contributed by atoms with Crippen molar-refractivity contribution >= 4 is 16.8 Å².